The number of hydrogen-bond donors (Lipinski definition) is 1. The maximum Gasteiger partial charge on any atom is 0.325 e. The van der Waals surface area contributed by atoms with E-state index < -0.39 is 11.6 Å². The van der Waals surface area contributed by atoms with Crippen molar-refractivity contribution in [1.29, 1.82) is 0 Å². The summed E-state index contributed by atoms with van der Waals surface area (Å²) in [4.78, 5) is 31.3. The van der Waals surface area contributed by atoms with Gasteiger partial charge in [0.05, 0.1) is 12.2 Å². The summed E-state index contributed by atoms with van der Waals surface area (Å²) in [6.45, 7) is 5.77. The molecule has 1 aliphatic rings. The third-order valence-corrected chi connectivity index (χ3v) is 5.65. The van der Waals surface area contributed by atoms with Crippen molar-refractivity contribution < 1.29 is 14.0 Å². The number of aromatic nitrogens is 1. The Morgan fingerprint density at radius 1 is 1.17 bits per heavy atom. The minimum atomic E-state index is -1.12. The van der Waals surface area contributed by atoms with Crippen LogP contribution in [0.3, 0.4) is 0 Å². The minimum Gasteiger partial charge on any atom is -0.444 e. The van der Waals surface area contributed by atoms with Gasteiger partial charge >= 0.3 is 6.03 Å². The highest BCUT2D eigenvalue weighted by molar-refractivity contribution is 9.10. The van der Waals surface area contributed by atoms with Crippen molar-refractivity contribution in [3.8, 4) is 11.5 Å². The summed E-state index contributed by atoms with van der Waals surface area (Å²) in [6, 6.07) is 12.9. The van der Waals surface area contributed by atoms with Crippen molar-refractivity contribution in [2.45, 2.75) is 32.9 Å². The SMILES string of the molecule is Cc1ccc(-c2nc(CN3C(=O)N[C@](C)(c4cccc(Br)c4)C3=O)co2)c(C)c1. The molecule has 0 aliphatic carbocycles. The van der Waals surface area contributed by atoms with Crippen LogP contribution in [0.25, 0.3) is 11.5 Å². The van der Waals surface area contributed by atoms with Gasteiger partial charge in [-0.15, -0.1) is 0 Å². The predicted octanol–water partition coefficient (Wildman–Crippen LogP) is 4.69. The molecule has 29 heavy (non-hydrogen) atoms. The van der Waals surface area contributed by atoms with E-state index in [0.29, 0.717) is 17.1 Å². The fourth-order valence-electron chi connectivity index (χ4n) is 3.55. The van der Waals surface area contributed by atoms with E-state index in [-0.39, 0.29) is 12.5 Å². The molecule has 1 N–H and O–H groups in total. The van der Waals surface area contributed by atoms with E-state index in [9.17, 15) is 9.59 Å². The molecule has 0 unspecified atom stereocenters. The minimum absolute atomic E-state index is 0.0443. The lowest BCUT2D eigenvalue weighted by Gasteiger charge is -2.22. The molecule has 1 fully saturated rings. The fourth-order valence-corrected chi connectivity index (χ4v) is 3.95. The van der Waals surface area contributed by atoms with Crippen molar-refractivity contribution in [3.05, 3.63) is 75.6 Å². The fraction of sp³-hybridized carbons (Fsp3) is 0.227. The van der Waals surface area contributed by atoms with Crippen LogP contribution < -0.4 is 5.32 Å². The van der Waals surface area contributed by atoms with Gasteiger partial charge in [-0.1, -0.05) is 45.8 Å². The molecule has 6 nitrogen and oxygen atoms in total. The van der Waals surface area contributed by atoms with Gasteiger partial charge in [0.2, 0.25) is 5.89 Å². The van der Waals surface area contributed by atoms with Crippen LogP contribution in [-0.4, -0.2) is 21.8 Å². The van der Waals surface area contributed by atoms with Crippen LogP contribution in [0, 0.1) is 13.8 Å². The van der Waals surface area contributed by atoms with Crippen molar-refractivity contribution in [2.75, 3.05) is 0 Å². The Bertz CT molecular complexity index is 1120. The molecule has 0 spiro atoms. The molecule has 3 amide bonds. The number of oxazole rings is 1. The number of imide groups is 1. The van der Waals surface area contributed by atoms with E-state index >= 15 is 0 Å². The van der Waals surface area contributed by atoms with Gasteiger partial charge < -0.3 is 9.73 Å². The van der Waals surface area contributed by atoms with Crippen molar-refractivity contribution in [3.63, 3.8) is 0 Å². The summed E-state index contributed by atoms with van der Waals surface area (Å²) in [5, 5.41) is 2.81. The van der Waals surface area contributed by atoms with Gasteiger partial charge in [0, 0.05) is 10.0 Å². The second-order valence-corrected chi connectivity index (χ2v) is 8.33. The number of carbonyl (C=O) groups excluding carboxylic acids is 2. The lowest BCUT2D eigenvalue weighted by molar-refractivity contribution is -0.131. The molecule has 1 atom stereocenters. The zero-order valence-electron chi connectivity index (χ0n) is 16.3. The largest absolute Gasteiger partial charge is 0.444 e. The molecule has 0 bridgehead atoms. The quantitative estimate of drug-likeness (QED) is 0.581. The Morgan fingerprint density at radius 2 is 1.97 bits per heavy atom. The maximum absolute atomic E-state index is 13.1. The topological polar surface area (TPSA) is 75.4 Å². The average Bonchev–Trinajstić information content (AvgIpc) is 3.21. The van der Waals surface area contributed by atoms with Crippen LogP contribution in [0.2, 0.25) is 0 Å². The first-order chi connectivity index (χ1) is 13.8. The van der Waals surface area contributed by atoms with Crippen LogP contribution >= 0.6 is 15.9 Å². The molecule has 0 saturated carbocycles. The Balaban J connectivity index is 1.58. The standard InChI is InChI=1S/C22H20BrN3O3/c1-13-7-8-18(14(2)9-13)19-24-17(12-29-19)11-26-20(27)22(3,25-21(26)28)15-5-4-6-16(23)10-15/h4-10,12H,11H2,1-3H3,(H,25,28)/t22-/m1/s1. The Hall–Kier alpha value is -2.93. The molecule has 1 aromatic heterocycles. The van der Waals surface area contributed by atoms with Gasteiger partial charge in [0.25, 0.3) is 5.91 Å². The summed E-state index contributed by atoms with van der Waals surface area (Å²) < 4.78 is 6.46. The van der Waals surface area contributed by atoms with E-state index in [2.05, 4.69) is 32.3 Å². The monoisotopic (exact) mass is 453 g/mol. The molecule has 7 heteroatoms. The number of hydrogen-bond acceptors (Lipinski definition) is 4. The van der Waals surface area contributed by atoms with Gasteiger partial charge in [0.1, 0.15) is 11.8 Å². The first-order valence-corrected chi connectivity index (χ1v) is 9.99. The second kappa shape index (κ2) is 7.15. The predicted molar refractivity (Wildman–Crippen MR) is 112 cm³/mol. The summed E-state index contributed by atoms with van der Waals surface area (Å²) in [7, 11) is 0. The molecular formula is C22H20BrN3O3. The van der Waals surface area contributed by atoms with Crippen LogP contribution in [0.4, 0.5) is 4.79 Å². The van der Waals surface area contributed by atoms with Gasteiger partial charge in [0.15, 0.2) is 0 Å². The highest BCUT2D eigenvalue weighted by Crippen LogP contribution is 2.31. The van der Waals surface area contributed by atoms with E-state index in [1.165, 1.54) is 11.2 Å². The van der Waals surface area contributed by atoms with Crippen molar-refractivity contribution in [1.82, 2.24) is 15.2 Å². The Morgan fingerprint density at radius 3 is 2.69 bits per heavy atom. The third kappa shape index (κ3) is 3.46. The zero-order valence-corrected chi connectivity index (χ0v) is 17.9. The molecule has 1 aliphatic heterocycles. The van der Waals surface area contributed by atoms with E-state index in [4.69, 9.17) is 4.42 Å². The number of nitrogens with one attached hydrogen (secondary N) is 1. The Kier molecular flexibility index (Phi) is 4.78. The summed E-state index contributed by atoms with van der Waals surface area (Å²) in [5.74, 6) is 0.149. The molecule has 3 aromatic rings. The average molecular weight is 454 g/mol. The normalized spacial score (nSPS) is 19.0. The zero-order chi connectivity index (χ0) is 20.8. The second-order valence-electron chi connectivity index (χ2n) is 7.42. The molecule has 4 rings (SSSR count). The van der Waals surface area contributed by atoms with Crippen LogP contribution in [0.15, 0.2) is 57.6 Å². The number of benzene rings is 2. The summed E-state index contributed by atoms with van der Waals surface area (Å²) >= 11 is 3.41. The number of urea groups is 1. The molecule has 2 heterocycles. The van der Waals surface area contributed by atoms with E-state index in [0.717, 1.165) is 21.2 Å². The summed E-state index contributed by atoms with van der Waals surface area (Å²) in [6.07, 6.45) is 1.49. The Labute approximate surface area is 177 Å². The molecular weight excluding hydrogens is 434 g/mol. The number of rotatable bonds is 4. The van der Waals surface area contributed by atoms with Gasteiger partial charge in [-0.2, -0.15) is 0 Å². The highest BCUT2D eigenvalue weighted by atomic mass is 79.9. The van der Waals surface area contributed by atoms with Crippen molar-refractivity contribution >= 4 is 27.9 Å². The number of carbonyl (C=O) groups is 2. The first-order valence-electron chi connectivity index (χ1n) is 9.20. The van der Waals surface area contributed by atoms with Gasteiger partial charge in [-0.05, 0) is 50.1 Å². The van der Waals surface area contributed by atoms with Crippen LogP contribution in [0.5, 0.6) is 0 Å². The number of halogens is 1. The van der Waals surface area contributed by atoms with Gasteiger partial charge in [-0.3, -0.25) is 9.69 Å². The maximum atomic E-state index is 13.1. The number of aryl methyl sites for hydroxylation is 2. The van der Waals surface area contributed by atoms with E-state index in [1.54, 1.807) is 6.92 Å². The molecule has 148 valence electrons. The smallest absolute Gasteiger partial charge is 0.325 e. The highest BCUT2D eigenvalue weighted by Gasteiger charge is 2.49. The lowest BCUT2D eigenvalue weighted by Crippen LogP contribution is -2.40. The number of nitrogens with zero attached hydrogens (tertiary/aromatic N) is 2. The summed E-state index contributed by atoms with van der Waals surface area (Å²) in [5.41, 5.74) is 3.20. The lowest BCUT2D eigenvalue weighted by atomic mass is 9.92. The molecule has 2 aromatic carbocycles. The molecule has 0 radical (unpaired) electrons. The van der Waals surface area contributed by atoms with Crippen LogP contribution in [0.1, 0.15) is 29.3 Å². The van der Waals surface area contributed by atoms with Gasteiger partial charge in [-0.25, -0.2) is 9.78 Å². The van der Waals surface area contributed by atoms with Crippen LogP contribution in [-0.2, 0) is 16.9 Å². The number of amides is 3. The van der Waals surface area contributed by atoms with Crippen molar-refractivity contribution in [2.24, 2.45) is 0 Å². The molecule has 1 saturated heterocycles. The first kappa shape index (κ1) is 19.4. The third-order valence-electron chi connectivity index (χ3n) is 5.16. The van der Waals surface area contributed by atoms with E-state index in [1.807, 2.05) is 50.2 Å².